The number of aliphatic carboxylic acids is 1. The molecule has 0 radical (unpaired) electrons. The third-order valence-corrected chi connectivity index (χ3v) is 3.64. The second-order valence-electron chi connectivity index (χ2n) is 5.58. The molecular weight excluding hydrogens is 267 g/mol. The lowest BCUT2D eigenvalue weighted by Crippen LogP contribution is -2.17. The van der Waals surface area contributed by atoms with Gasteiger partial charge in [-0.2, -0.15) is 0 Å². The van der Waals surface area contributed by atoms with Crippen molar-refractivity contribution in [3.05, 3.63) is 70.5 Å². The van der Waals surface area contributed by atoms with Crippen molar-refractivity contribution in [1.29, 1.82) is 0 Å². The molecule has 0 spiro atoms. The van der Waals surface area contributed by atoms with Crippen LogP contribution in [0.2, 0.25) is 0 Å². The fraction of sp³-hybridized carbons (Fsp3) is 0.278. The summed E-state index contributed by atoms with van der Waals surface area (Å²) in [5.74, 6) is -2.33. The first-order valence-corrected chi connectivity index (χ1v) is 6.99. The Morgan fingerprint density at radius 1 is 1.05 bits per heavy atom. The Bertz CT molecular complexity index is 662. The summed E-state index contributed by atoms with van der Waals surface area (Å²) in [6.07, 6.45) is 0. The van der Waals surface area contributed by atoms with Gasteiger partial charge in [-0.25, -0.2) is 4.39 Å². The summed E-state index contributed by atoms with van der Waals surface area (Å²) in [5.41, 5.74) is 2.79. The average molecular weight is 286 g/mol. The van der Waals surface area contributed by atoms with E-state index in [-0.39, 0.29) is 11.5 Å². The SMILES string of the molecule is Cc1ccc(C(C)C)c(C(C(=O)O)c2ccccc2F)c1. The average Bonchev–Trinajstić information content (AvgIpc) is 2.40. The molecule has 0 amide bonds. The van der Waals surface area contributed by atoms with Crippen molar-refractivity contribution in [2.45, 2.75) is 32.6 Å². The molecule has 110 valence electrons. The third kappa shape index (κ3) is 3.13. The van der Waals surface area contributed by atoms with Crippen LogP contribution in [0.4, 0.5) is 4.39 Å². The van der Waals surface area contributed by atoms with Crippen molar-refractivity contribution >= 4 is 5.97 Å². The first-order valence-electron chi connectivity index (χ1n) is 6.99. The molecule has 3 heteroatoms. The molecule has 0 heterocycles. The van der Waals surface area contributed by atoms with E-state index in [0.29, 0.717) is 5.56 Å². The maximum Gasteiger partial charge on any atom is 0.315 e. The van der Waals surface area contributed by atoms with Gasteiger partial charge < -0.3 is 5.11 Å². The largest absolute Gasteiger partial charge is 0.481 e. The summed E-state index contributed by atoms with van der Waals surface area (Å²) < 4.78 is 14.1. The zero-order chi connectivity index (χ0) is 15.6. The Kier molecular flexibility index (Phi) is 4.41. The van der Waals surface area contributed by atoms with Gasteiger partial charge >= 0.3 is 5.97 Å². The van der Waals surface area contributed by atoms with Crippen LogP contribution in [0.15, 0.2) is 42.5 Å². The van der Waals surface area contributed by atoms with E-state index in [2.05, 4.69) is 0 Å². The maximum absolute atomic E-state index is 14.1. The van der Waals surface area contributed by atoms with Crippen molar-refractivity contribution in [2.24, 2.45) is 0 Å². The van der Waals surface area contributed by atoms with E-state index in [1.807, 2.05) is 39.0 Å². The number of halogens is 1. The summed E-state index contributed by atoms with van der Waals surface area (Å²) in [5, 5.41) is 9.64. The predicted octanol–water partition coefficient (Wildman–Crippen LogP) is 4.47. The predicted molar refractivity (Wildman–Crippen MR) is 81.1 cm³/mol. The fourth-order valence-electron chi connectivity index (χ4n) is 2.61. The minimum absolute atomic E-state index is 0.175. The normalized spacial score (nSPS) is 12.4. The molecule has 2 aromatic carbocycles. The second kappa shape index (κ2) is 6.08. The van der Waals surface area contributed by atoms with Gasteiger partial charge in [0.15, 0.2) is 0 Å². The Labute approximate surface area is 124 Å². The van der Waals surface area contributed by atoms with Gasteiger partial charge in [-0.3, -0.25) is 4.79 Å². The highest BCUT2D eigenvalue weighted by Gasteiger charge is 2.27. The zero-order valence-corrected chi connectivity index (χ0v) is 12.4. The Hall–Kier alpha value is -2.16. The minimum atomic E-state index is -1.03. The first kappa shape index (κ1) is 15.2. The molecule has 1 N–H and O–H groups in total. The number of carbonyl (C=O) groups is 1. The minimum Gasteiger partial charge on any atom is -0.481 e. The molecule has 2 rings (SSSR count). The van der Waals surface area contributed by atoms with E-state index in [0.717, 1.165) is 11.1 Å². The van der Waals surface area contributed by atoms with E-state index in [1.165, 1.54) is 6.07 Å². The van der Waals surface area contributed by atoms with Gasteiger partial charge in [0.2, 0.25) is 0 Å². The second-order valence-corrected chi connectivity index (χ2v) is 5.58. The smallest absolute Gasteiger partial charge is 0.315 e. The summed E-state index contributed by atoms with van der Waals surface area (Å²) >= 11 is 0. The van der Waals surface area contributed by atoms with Gasteiger partial charge in [-0.1, -0.05) is 55.8 Å². The molecular formula is C18H19FO2. The lowest BCUT2D eigenvalue weighted by Gasteiger charge is -2.20. The van der Waals surface area contributed by atoms with E-state index < -0.39 is 17.7 Å². The molecule has 0 aromatic heterocycles. The first-order chi connectivity index (χ1) is 9.91. The number of carboxylic acids is 1. The van der Waals surface area contributed by atoms with Crippen molar-refractivity contribution in [1.82, 2.24) is 0 Å². The highest BCUT2D eigenvalue weighted by molar-refractivity contribution is 5.81. The van der Waals surface area contributed by atoms with Crippen LogP contribution in [0.25, 0.3) is 0 Å². The molecule has 2 aromatic rings. The molecule has 0 bridgehead atoms. The van der Waals surface area contributed by atoms with Crippen LogP contribution in [-0.2, 0) is 4.79 Å². The highest BCUT2D eigenvalue weighted by atomic mass is 19.1. The molecule has 0 saturated heterocycles. The molecule has 0 aliphatic carbocycles. The quantitative estimate of drug-likeness (QED) is 0.900. The van der Waals surface area contributed by atoms with Crippen LogP contribution >= 0.6 is 0 Å². The van der Waals surface area contributed by atoms with Crippen molar-refractivity contribution in [3.63, 3.8) is 0 Å². The zero-order valence-electron chi connectivity index (χ0n) is 12.4. The topological polar surface area (TPSA) is 37.3 Å². The number of aryl methyl sites for hydroxylation is 1. The van der Waals surface area contributed by atoms with Crippen LogP contribution in [0, 0.1) is 12.7 Å². The maximum atomic E-state index is 14.1. The molecule has 2 nitrogen and oxygen atoms in total. The monoisotopic (exact) mass is 286 g/mol. The number of carboxylic acid groups (broad SMARTS) is 1. The van der Waals surface area contributed by atoms with Crippen molar-refractivity contribution in [2.75, 3.05) is 0 Å². The molecule has 0 aliphatic heterocycles. The number of hydrogen-bond acceptors (Lipinski definition) is 1. The lowest BCUT2D eigenvalue weighted by atomic mass is 9.83. The van der Waals surface area contributed by atoms with E-state index in [9.17, 15) is 14.3 Å². The molecule has 21 heavy (non-hydrogen) atoms. The molecule has 1 unspecified atom stereocenters. The summed E-state index contributed by atoms with van der Waals surface area (Å²) in [6.45, 7) is 5.93. The Morgan fingerprint density at radius 3 is 2.29 bits per heavy atom. The van der Waals surface area contributed by atoms with Gasteiger partial charge in [-0.15, -0.1) is 0 Å². The molecule has 0 saturated carbocycles. The number of hydrogen-bond donors (Lipinski definition) is 1. The summed E-state index contributed by atoms with van der Waals surface area (Å²) in [7, 11) is 0. The van der Waals surface area contributed by atoms with Crippen LogP contribution in [-0.4, -0.2) is 11.1 Å². The van der Waals surface area contributed by atoms with Gasteiger partial charge in [0.05, 0.1) is 0 Å². The van der Waals surface area contributed by atoms with Gasteiger partial charge in [0.1, 0.15) is 11.7 Å². The highest BCUT2D eigenvalue weighted by Crippen LogP contribution is 2.33. The van der Waals surface area contributed by atoms with Gasteiger partial charge in [0.25, 0.3) is 0 Å². The van der Waals surface area contributed by atoms with E-state index in [4.69, 9.17) is 0 Å². The molecule has 0 aliphatic rings. The summed E-state index contributed by atoms with van der Waals surface area (Å²) in [6, 6.07) is 11.8. The fourth-order valence-corrected chi connectivity index (χ4v) is 2.61. The third-order valence-electron chi connectivity index (χ3n) is 3.64. The van der Waals surface area contributed by atoms with Gasteiger partial charge in [0, 0.05) is 5.56 Å². The van der Waals surface area contributed by atoms with Crippen molar-refractivity contribution in [3.8, 4) is 0 Å². The number of benzene rings is 2. The van der Waals surface area contributed by atoms with Crippen LogP contribution < -0.4 is 0 Å². The Morgan fingerprint density at radius 2 is 1.71 bits per heavy atom. The standard InChI is InChI=1S/C18H19FO2/c1-11(2)13-9-8-12(3)10-15(13)17(18(20)21)14-6-4-5-7-16(14)19/h4-11,17H,1-3H3,(H,20,21). The molecule has 0 fully saturated rings. The van der Waals surface area contributed by atoms with Crippen LogP contribution in [0.5, 0.6) is 0 Å². The Balaban J connectivity index is 2.67. The van der Waals surface area contributed by atoms with Gasteiger partial charge in [-0.05, 0) is 30.0 Å². The van der Waals surface area contributed by atoms with Crippen LogP contribution in [0.1, 0.15) is 47.9 Å². The van der Waals surface area contributed by atoms with E-state index in [1.54, 1.807) is 18.2 Å². The van der Waals surface area contributed by atoms with Crippen LogP contribution in [0.3, 0.4) is 0 Å². The lowest BCUT2D eigenvalue weighted by molar-refractivity contribution is -0.137. The molecule has 1 atom stereocenters. The number of rotatable bonds is 4. The van der Waals surface area contributed by atoms with E-state index >= 15 is 0 Å². The summed E-state index contributed by atoms with van der Waals surface area (Å²) in [4.78, 5) is 11.8. The van der Waals surface area contributed by atoms with Crippen molar-refractivity contribution < 1.29 is 14.3 Å².